The number of nitrogens with one attached hydrogen (secondary N) is 2. The molecular weight excluding hydrogens is 208 g/mol. The van der Waals surface area contributed by atoms with Gasteiger partial charge in [0.15, 0.2) is 0 Å². The van der Waals surface area contributed by atoms with E-state index in [0.717, 1.165) is 12.1 Å². The summed E-state index contributed by atoms with van der Waals surface area (Å²) in [6.07, 6.45) is 2.84. The van der Waals surface area contributed by atoms with Gasteiger partial charge in [0.25, 0.3) is 0 Å². The smallest absolute Gasteiger partial charge is 0.103 e. The van der Waals surface area contributed by atoms with Crippen LogP contribution in [0.2, 0.25) is 0 Å². The fourth-order valence-corrected chi connectivity index (χ4v) is 2.00. The van der Waals surface area contributed by atoms with E-state index in [1.165, 1.54) is 16.7 Å². The van der Waals surface area contributed by atoms with Crippen LogP contribution in [0.5, 0.6) is 0 Å². The third-order valence-corrected chi connectivity index (χ3v) is 2.95. The van der Waals surface area contributed by atoms with Crippen molar-refractivity contribution in [1.82, 2.24) is 10.6 Å². The SMILES string of the molecule is C=CC(=C)NC(NC)c1c(C)cccc1CC. The molecule has 2 nitrogen and oxygen atoms in total. The summed E-state index contributed by atoms with van der Waals surface area (Å²) in [5.41, 5.74) is 4.77. The molecule has 0 radical (unpaired) electrons. The van der Waals surface area contributed by atoms with Crippen molar-refractivity contribution in [2.24, 2.45) is 0 Å². The molecule has 0 saturated carbocycles. The predicted molar refractivity (Wildman–Crippen MR) is 74.8 cm³/mol. The van der Waals surface area contributed by atoms with E-state index in [2.05, 4.69) is 55.8 Å². The van der Waals surface area contributed by atoms with Gasteiger partial charge in [-0.3, -0.25) is 5.32 Å². The number of allylic oxidation sites excluding steroid dienone is 1. The number of hydrogen-bond acceptors (Lipinski definition) is 2. The third kappa shape index (κ3) is 3.21. The van der Waals surface area contributed by atoms with Crippen LogP contribution in [0.15, 0.2) is 43.1 Å². The molecule has 2 heteroatoms. The van der Waals surface area contributed by atoms with E-state index in [1.54, 1.807) is 6.08 Å². The molecule has 1 atom stereocenters. The van der Waals surface area contributed by atoms with Crippen molar-refractivity contribution >= 4 is 0 Å². The zero-order valence-electron chi connectivity index (χ0n) is 11.0. The van der Waals surface area contributed by atoms with Gasteiger partial charge in [0, 0.05) is 5.70 Å². The second-order valence-corrected chi connectivity index (χ2v) is 4.10. The lowest BCUT2D eigenvalue weighted by Gasteiger charge is -2.24. The molecule has 1 rings (SSSR count). The molecule has 0 aromatic heterocycles. The minimum absolute atomic E-state index is 0.0802. The van der Waals surface area contributed by atoms with Crippen LogP contribution in [0.3, 0.4) is 0 Å². The number of aryl methyl sites for hydroxylation is 2. The van der Waals surface area contributed by atoms with Crippen LogP contribution in [0.4, 0.5) is 0 Å². The Kier molecular flexibility index (Phi) is 4.98. The fraction of sp³-hybridized carbons (Fsp3) is 0.333. The molecule has 0 amide bonds. The zero-order chi connectivity index (χ0) is 12.8. The van der Waals surface area contributed by atoms with Gasteiger partial charge in [-0.25, -0.2) is 0 Å². The van der Waals surface area contributed by atoms with Crippen LogP contribution in [0.1, 0.15) is 29.8 Å². The molecule has 92 valence electrons. The Morgan fingerprint density at radius 1 is 1.47 bits per heavy atom. The average Bonchev–Trinajstić information content (AvgIpc) is 2.35. The molecule has 0 aliphatic carbocycles. The first kappa shape index (κ1) is 13.5. The Balaban J connectivity index is 3.10. The van der Waals surface area contributed by atoms with Crippen LogP contribution in [0, 0.1) is 6.92 Å². The predicted octanol–water partition coefficient (Wildman–Crippen LogP) is 3.06. The molecule has 0 aliphatic heterocycles. The van der Waals surface area contributed by atoms with Crippen molar-refractivity contribution in [2.45, 2.75) is 26.4 Å². The molecule has 17 heavy (non-hydrogen) atoms. The number of rotatable bonds is 6. The Bertz CT molecular complexity index is 407. The third-order valence-electron chi connectivity index (χ3n) is 2.95. The molecule has 0 fully saturated rings. The first-order valence-corrected chi connectivity index (χ1v) is 5.97. The summed E-state index contributed by atoms with van der Waals surface area (Å²) in [7, 11) is 1.94. The van der Waals surface area contributed by atoms with E-state index in [4.69, 9.17) is 0 Å². The van der Waals surface area contributed by atoms with Crippen LogP contribution in [0.25, 0.3) is 0 Å². The van der Waals surface area contributed by atoms with Crippen LogP contribution in [-0.4, -0.2) is 7.05 Å². The maximum Gasteiger partial charge on any atom is 0.103 e. The molecule has 1 aromatic rings. The minimum Gasteiger partial charge on any atom is -0.366 e. The van der Waals surface area contributed by atoms with Crippen LogP contribution in [-0.2, 0) is 6.42 Å². The summed E-state index contributed by atoms with van der Waals surface area (Å²) in [5.74, 6) is 0. The Hall–Kier alpha value is -1.54. The lowest BCUT2D eigenvalue weighted by atomic mass is 9.97. The van der Waals surface area contributed by atoms with Gasteiger partial charge >= 0.3 is 0 Å². The number of benzene rings is 1. The molecule has 0 spiro atoms. The van der Waals surface area contributed by atoms with Gasteiger partial charge in [-0.1, -0.05) is 38.3 Å². The van der Waals surface area contributed by atoms with Crippen LogP contribution < -0.4 is 10.6 Å². The number of hydrogen-bond donors (Lipinski definition) is 2. The molecule has 1 aromatic carbocycles. The Morgan fingerprint density at radius 2 is 2.18 bits per heavy atom. The van der Waals surface area contributed by atoms with E-state index in [1.807, 2.05) is 7.05 Å². The van der Waals surface area contributed by atoms with Gasteiger partial charge in [0.05, 0.1) is 0 Å². The van der Waals surface area contributed by atoms with E-state index >= 15 is 0 Å². The van der Waals surface area contributed by atoms with Crippen molar-refractivity contribution < 1.29 is 0 Å². The molecule has 0 aliphatic rings. The minimum atomic E-state index is 0.0802. The highest BCUT2D eigenvalue weighted by Gasteiger charge is 2.14. The standard InChI is InChI=1S/C15H22N2/c1-6-12(4)17-15(16-5)14-11(3)9-8-10-13(14)7-2/h6,8-10,15-17H,1,4,7H2,2-3,5H3. The van der Waals surface area contributed by atoms with E-state index in [-0.39, 0.29) is 6.17 Å². The summed E-state index contributed by atoms with van der Waals surface area (Å²) >= 11 is 0. The molecule has 0 saturated heterocycles. The van der Waals surface area contributed by atoms with Gasteiger partial charge in [0.1, 0.15) is 6.17 Å². The van der Waals surface area contributed by atoms with Gasteiger partial charge in [0.2, 0.25) is 0 Å². The summed E-state index contributed by atoms with van der Waals surface area (Å²) in [5, 5.41) is 6.60. The van der Waals surface area contributed by atoms with Gasteiger partial charge in [-0.15, -0.1) is 0 Å². The molecular formula is C15H22N2. The maximum atomic E-state index is 3.90. The van der Waals surface area contributed by atoms with Crippen molar-refractivity contribution in [3.63, 3.8) is 0 Å². The highest BCUT2D eigenvalue weighted by Crippen LogP contribution is 2.21. The highest BCUT2D eigenvalue weighted by atomic mass is 15.1. The second-order valence-electron chi connectivity index (χ2n) is 4.10. The second kappa shape index (κ2) is 6.26. The summed E-state index contributed by atoms with van der Waals surface area (Å²) in [6, 6.07) is 6.41. The molecule has 2 N–H and O–H groups in total. The first-order valence-electron chi connectivity index (χ1n) is 5.97. The molecule has 0 heterocycles. The lowest BCUT2D eigenvalue weighted by Crippen LogP contribution is -2.32. The summed E-state index contributed by atoms with van der Waals surface area (Å²) < 4.78 is 0. The Morgan fingerprint density at radius 3 is 2.71 bits per heavy atom. The average molecular weight is 230 g/mol. The normalized spacial score (nSPS) is 11.9. The monoisotopic (exact) mass is 230 g/mol. The largest absolute Gasteiger partial charge is 0.366 e. The Labute approximate surface area is 104 Å². The van der Waals surface area contributed by atoms with E-state index in [0.29, 0.717) is 0 Å². The van der Waals surface area contributed by atoms with Gasteiger partial charge in [-0.2, -0.15) is 0 Å². The van der Waals surface area contributed by atoms with Crippen molar-refractivity contribution in [3.05, 3.63) is 59.8 Å². The van der Waals surface area contributed by atoms with E-state index in [9.17, 15) is 0 Å². The van der Waals surface area contributed by atoms with Crippen LogP contribution >= 0.6 is 0 Å². The highest BCUT2D eigenvalue weighted by molar-refractivity contribution is 5.37. The van der Waals surface area contributed by atoms with E-state index < -0.39 is 0 Å². The lowest BCUT2D eigenvalue weighted by molar-refractivity contribution is 0.523. The quantitative estimate of drug-likeness (QED) is 0.580. The van der Waals surface area contributed by atoms with Gasteiger partial charge in [-0.05, 0) is 43.2 Å². The topological polar surface area (TPSA) is 24.1 Å². The summed E-state index contributed by atoms with van der Waals surface area (Å²) in [6.45, 7) is 11.9. The molecule has 0 bridgehead atoms. The molecule has 1 unspecified atom stereocenters. The fourth-order valence-electron chi connectivity index (χ4n) is 2.00. The van der Waals surface area contributed by atoms with Crippen molar-refractivity contribution in [3.8, 4) is 0 Å². The maximum absolute atomic E-state index is 3.90. The zero-order valence-corrected chi connectivity index (χ0v) is 11.0. The first-order chi connectivity index (χ1) is 8.13. The van der Waals surface area contributed by atoms with Crippen molar-refractivity contribution in [2.75, 3.05) is 7.05 Å². The summed E-state index contributed by atoms with van der Waals surface area (Å²) in [4.78, 5) is 0. The van der Waals surface area contributed by atoms with Gasteiger partial charge < -0.3 is 5.32 Å². The van der Waals surface area contributed by atoms with Crippen molar-refractivity contribution in [1.29, 1.82) is 0 Å².